The molecule has 11 heteroatoms. The minimum atomic E-state index is -0.377. The summed E-state index contributed by atoms with van der Waals surface area (Å²) >= 11 is 0. The van der Waals surface area contributed by atoms with E-state index in [1.165, 1.54) is 6.33 Å². The number of aromatic nitrogens is 7. The number of fused-ring (bicyclic) bond motifs is 4. The number of rotatable bonds is 6. The topological polar surface area (TPSA) is 116 Å². The van der Waals surface area contributed by atoms with Gasteiger partial charge in [0, 0.05) is 18.0 Å². The second kappa shape index (κ2) is 8.70. The van der Waals surface area contributed by atoms with Crippen molar-refractivity contribution in [2.45, 2.75) is 38.1 Å². The molecule has 4 atom stereocenters. The van der Waals surface area contributed by atoms with Crippen LogP contribution in [0, 0.1) is 5.92 Å². The first-order chi connectivity index (χ1) is 19.0. The Hall–Kier alpha value is -4.64. The second-order valence-corrected chi connectivity index (χ2v) is 10.1. The van der Waals surface area contributed by atoms with E-state index in [1.807, 2.05) is 47.0 Å². The van der Waals surface area contributed by atoms with Crippen LogP contribution in [0.1, 0.15) is 36.9 Å². The lowest BCUT2D eigenvalue weighted by Gasteiger charge is -2.39. The van der Waals surface area contributed by atoms with Crippen LogP contribution in [0.5, 0.6) is 0 Å². The van der Waals surface area contributed by atoms with Crippen molar-refractivity contribution in [3.8, 4) is 0 Å². The average molecular weight is 522 g/mol. The lowest BCUT2D eigenvalue weighted by atomic mass is 9.88. The fourth-order valence-corrected chi connectivity index (χ4v) is 6.06. The summed E-state index contributed by atoms with van der Waals surface area (Å²) in [6.45, 7) is 9.50. The second-order valence-electron chi connectivity index (χ2n) is 10.1. The molecular weight excluding hydrogens is 494 g/mol. The van der Waals surface area contributed by atoms with E-state index in [1.54, 1.807) is 23.1 Å². The van der Waals surface area contributed by atoms with Crippen molar-refractivity contribution in [3.05, 3.63) is 79.4 Å². The molecule has 1 N–H and O–H groups in total. The number of benzene rings is 2. The highest BCUT2D eigenvalue weighted by molar-refractivity contribution is 6.06. The predicted octanol–water partition coefficient (Wildman–Crippen LogP) is 3.95. The number of nitrogens with one attached hydrogen (secondary N) is 1. The van der Waals surface area contributed by atoms with Gasteiger partial charge >= 0.3 is 0 Å². The van der Waals surface area contributed by atoms with Crippen LogP contribution in [0.2, 0.25) is 0 Å². The van der Waals surface area contributed by atoms with Gasteiger partial charge in [0.15, 0.2) is 23.2 Å². The fraction of sp³-hybridized carbons (Fsp3) is 0.286. The van der Waals surface area contributed by atoms with E-state index >= 15 is 0 Å². The minimum Gasteiger partial charge on any atom is -0.347 e. The number of carbonyl (C=O) groups excluding carboxylic acids is 1. The summed E-state index contributed by atoms with van der Waals surface area (Å²) in [6, 6.07) is 16.8. The molecule has 39 heavy (non-hydrogen) atoms. The largest absolute Gasteiger partial charge is 0.347 e. The Labute approximate surface area is 224 Å². The first kappa shape index (κ1) is 23.5. The fourth-order valence-electron chi connectivity index (χ4n) is 6.06. The van der Waals surface area contributed by atoms with Gasteiger partial charge in [-0.1, -0.05) is 56.0 Å². The SMILES string of the molecule is C=C(N1C[C@]2(CC)O[C@@H](n3cnc4c(NC(=O)c5ccccc5)ncnc43)[C@H]1[C@@H]2C)n1nnc2ccccc21. The third-order valence-corrected chi connectivity index (χ3v) is 8.21. The van der Waals surface area contributed by atoms with Crippen molar-refractivity contribution in [1.29, 1.82) is 0 Å². The Kier molecular flexibility index (Phi) is 5.24. The van der Waals surface area contributed by atoms with Crippen molar-refractivity contribution < 1.29 is 9.53 Å². The number of ether oxygens (including phenoxy) is 1. The summed E-state index contributed by atoms with van der Waals surface area (Å²) in [5.41, 5.74) is 2.97. The summed E-state index contributed by atoms with van der Waals surface area (Å²) < 4.78 is 10.5. The molecule has 2 fully saturated rings. The highest BCUT2D eigenvalue weighted by Crippen LogP contribution is 2.54. The van der Waals surface area contributed by atoms with Crippen molar-refractivity contribution >= 4 is 39.7 Å². The summed E-state index contributed by atoms with van der Waals surface area (Å²) in [5, 5.41) is 11.6. The zero-order valence-electron chi connectivity index (χ0n) is 21.6. The van der Waals surface area contributed by atoms with Gasteiger partial charge in [-0.05, 0) is 30.7 Å². The Morgan fingerprint density at radius 3 is 2.72 bits per heavy atom. The van der Waals surface area contributed by atoms with Crippen LogP contribution in [0.15, 0.2) is 73.8 Å². The number of para-hydroxylation sites is 1. The maximum atomic E-state index is 12.8. The highest BCUT2D eigenvalue weighted by Gasteiger charge is 2.62. The number of amides is 1. The number of morpholine rings is 1. The van der Waals surface area contributed by atoms with Gasteiger partial charge < -0.3 is 15.0 Å². The molecule has 0 saturated carbocycles. The van der Waals surface area contributed by atoms with Crippen LogP contribution < -0.4 is 5.32 Å². The number of carbonyl (C=O) groups is 1. The third kappa shape index (κ3) is 3.46. The van der Waals surface area contributed by atoms with E-state index in [9.17, 15) is 4.79 Å². The Balaban J connectivity index is 1.25. The van der Waals surface area contributed by atoms with Gasteiger partial charge in [0.2, 0.25) is 0 Å². The molecule has 11 nitrogen and oxygen atoms in total. The van der Waals surface area contributed by atoms with Crippen LogP contribution in [0.4, 0.5) is 5.82 Å². The predicted molar refractivity (Wildman–Crippen MR) is 145 cm³/mol. The van der Waals surface area contributed by atoms with Gasteiger partial charge in [0.1, 0.15) is 17.7 Å². The van der Waals surface area contributed by atoms with Crippen LogP contribution in [0.25, 0.3) is 28.0 Å². The van der Waals surface area contributed by atoms with E-state index in [0.717, 1.165) is 23.3 Å². The van der Waals surface area contributed by atoms with Crippen LogP contribution in [0.3, 0.4) is 0 Å². The van der Waals surface area contributed by atoms with E-state index in [2.05, 4.69) is 55.9 Å². The minimum absolute atomic E-state index is 0.0462. The van der Waals surface area contributed by atoms with Gasteiger partial charge in [-0.3, -0.25) is 9.36 Å². The molecule has 0 aliphatic carbocycles. The highest BCUT2D eigenvalue weighted by atomic mass is 16.5. The summed E-state index contributed by atoms with van der Waals surface area (Å²) in [5.74, 6) is 1.04. The number of anilines is 1. The molecule has 2 saturated heterocycles. The smallest absolute Gasteiger partial charge is 0.256 e. The standard InChI is InChI=1S/C28H27N9O2/c1-4-28-14-35(18(3)37-21-13-9-8-12-20(21)33-34-37)23(17(28)2)27(39-28)36-16-31-22-24(29-15-30-25(22)36)32-26(38)19-10-6-5-7-11-19/h5-13,15-17,23,27H,3-4,14H2,1-2H3,(H,29,30,32,38)/t17-,23+,27+,28-/m0/s1. The average Bonchev–Trinajstić information content (AvgIpc) is 3.73. The Morgan fingerprint density at radius 1 is 1.13 bits per heavy atom. The lowest BCUT2D eigenvalue weighted by molar-refractivity contribution is -0.121. The quantitative estimate of drug-likeness (QED) is 0.357. The van der Waals surface area contributed by atoms with E-state index in [0.29, 0.717) is 29.1 Å². The van der Waals surface area contributed by atoms with Gasteiger partial charge in [-0.15, -0.1) is 5.10 Å². The number of imidazole rings is 1. The van der Waals surface area contributed by atoms with E-state index in [4.69, 9.17) is 4.74 Å². The molecule has 196 valence electrons. The molecule has 0 spiro atoms. The first-order valence-corrected chi connectivity index (χ1v) is 13.0. The Morgan fingerprint density at radius 2 is 1.92 bits per heavy atom. The summed E-state index contributed by atoms with van der Waals surface area (Å²) in [4.78, 5) is 28.5. The summed E-state index contributed by atoms with van der Waals surface area (Å²) in [6.07, 6.45) is 3.61. The molecule has 5 aromatic rings. The van der Waals surface area contributed by atoms with Crippen molar-refractivity contribution in [3.63, 3.8) is 0 Å². The number of likely N-dealkylation sites (tertiary alicyclic amines) is 1. The van der Waals surface area contributed by atoms with Crippen molar-refractivity contribution in [2.24, 2.45) is 5.92 Å². The molecule has 2 aromatic carbocycles. The van der Waals surface area contributed by atoms with Crippen LogP contribution in [-0.2, 0) is 4.74 Å². The van der Waals surface area contributed by atoms with Crippen molar-refractivity contribution in [2.75, 3.05) is 11.9 Å². The lowest BCUT2D eigenvalue weighted by Crippen LogP contribution is -2.45. The molecule has 0 radical (unpaired) electrons. The van der Waals surface area contributed by atoms with Crippen molar-refractivity contribution in [1.82, 2.24) is 39.4 Å². The molecule has 3 aromatic heterocycles. The first-order valence-electron chi connectivity index (χ1n) is 13.0. The zero-order valence-corrected chi connectivity index (χ0v) is 21.6. The molecule has 2 bridgehead atoms. The number of nitrogens with zero attached hydrogens (tertiary/aromatic N) is 8. The van der Waals surface area contributed by atoms with E-state index in [-0.39, 0.29) is 29.7 Å². The third-order valence-electron chi connectivity index (χ3n) is 8.21. The monoisotopic (exact) mass is 521 g/mol. The number of hydrogen-bond acceptors (Lipinski definition) is 8. The molecule has 5 heterocycles. The zero-order chi connectivity index (χ0) is 26.7. The normalized spacial score (nSPS) is 24.1. The molecule has 2 aliphatic heterocycles. The van der Waals surface area contributed by atoms with Gasteiger partial charge in [-0.2, -0.15) is 4.68 Å². The molecule has 0 unspecified atom stereocenters. The number of hydrogen-bond donors (Lipinski definition) is 1. The molecule has 1 amide bonds. The Bertz CT molecular complexity index is 1730. The maximum Gasteiger partial charge on any atom is 0.256 e. The summed E-state index contributed by atoms with van der Waals surface area (Å²) in [7, 11) is 0. The van der Waals surface area contributed by atoms with Gasteiger partial charge in [0.05, 0.1) is 23.5 Å². The van der Waals surface area contributed by atoms with Gasteiger partial charge in [0.25, 0.3) is 5.91 Å². The van der Waals surface area contributed by atoms with Crippen LogP contribution in [-0.4, -0.2) is 63.5 Å². The van der Waals surface area contributed by atoms with E-state index < -0.39 is 0 Å². The molecule has 2 aliphatic rings. The molecular formula is C28H27N9O2. The van der Waals surface area contributed by atoms with Gasteiger partial charge in [-0.25, -0.2) is 15.0 Å². The maximum absolute atomic E-state index is 12.8. The van der Waals surface area contributed by atoms with Crippen LogP contribution >= 0.6 is 0 Å². The molecule has 7 rings (SSSR count).